The summed E-state index contributed by atoms with van der Waals surface area (Å²) in [7, 11) is 0. The Kier molecular flexibility index (Phi) is 0.727. The summed E-state index contributed by atoms with van der Waals surface area (Å²) < 4.78 is 20.9. The van der Waals surface area contributed by atoms with Gasteiger partial charge in [-0.3, -0.25) is 0 Å². The van der Waals surface area contributed by atoms with Gasteiger partial charge in [-0.2, -0.15) is 0 Å². The van der Waals surface area contributed by atoms with Crippen LogP contribution in [0.5, 0.6) is 0 Å². The number of hydrogen-bond donors (Lipinski definition) is 0. The molecule has 0 aliphatic carbocycles. The molecule has 0 spiro atoms. The quantitative estimate of drug-likeness (QED) is 0.394. The van der Waals surface area contributed by atoms with Crippen LogP contribution in [-0.2, 0) is 0 Å². The van der Waals surface area contributed by atoms with Crippen LogP contribution in [0.4, 0.5) is 0 Å². The first-order chi connectivity index (χ1) is 5.00. The van der Waals surface area contributed by atoms with Gasteiger partial charge in [0.25, 0.3) is 0 Å². The van der Waals surface area contributed by atoms with E-state index in [2.05, 4.69) is 9.97 Å². The predicted molar refractivity (Wildman–Crippen MR) is 31.8 cm³/mol. The molecule has 42 valence electrons. The third-order valence-corrected chi connectivity index (χ3v) is 0.840. The zero-order chi connectivity index (χ0) is 8.48. The Morgan fingerprint density at radius 3 is 3.12 bits per heavy atom. The van der Waals surface area contributed by atoms with Gasteiger partial charge in [-0.15, -0.1) is 0 Å². The molecule has 0 aromatic carbocycles. The Hall–Kier alpha value is -0.630. The van der Waals surface area contributed by atoms with E-state index in [0.717, 1.165) is 6.33 Å². The van der Waals surface area contributed by atoms with Gasteiger partial charge in [0, 0.05) is 9.81 Å². The fourth-order valence-corrected chi connectivity index (χ4v) is 0.481. The van der Waals surface area contributed by atoms with Crippen molar-refractivity contribution in [2.24, 2.45) is 0 Å². The molecule has 0 atom stereocenters. The van der Waals surface area contributed by atoms with E-state index in [4.69, 9.17) is 15.7 Å². The molecule has 1 aromatic rings. The van der Waals surface area contributed by atoms with E-state index < -0.39 is 6.85 Å². The second-order valence-electron chi connectivity index (χ2n) is 1.23. The Bertz CT molecular complexity index is 260. The van der Waals surface area contributed by atoms with Crippen LogP contribution >= 0.6 is 11.6 Å². The lowest BCUT2D eigenvalue weighted by molar-refractivity contribution is 1.10. The number of aryl methyl sites for hydroxylation is 1. The van der Waals surface area contributed by atoms with Crippen molar-refractivity contribution in [3.63, 3.8) is 0 Å². The van der Waals surface area contributed by atoms with E-state index in [-0.39, 0.29) is 10.8 Å². The van der Waals surface area contributed by atoms with Gasteiger partial charge in [-0.1, -0.05) is 11.6 Å². The Morgan fingerprint density at radius 1 is 1.75 bits per heavy atom. The van der Waals surface area contributed by atoms with Crippen LogP contribution in [0.15, 0.2) is 12.4 Å². The standard InChI is InChI=1S/C5H5ClN2/c1-4-2-5(6)8-3-7-4/h2-3H,1H3/i1+1D3. The minimum absolute atomic E-state index is 0.0301. The minimum Gasteiger partial charge on any atom is -0.242 e. The van der Waals surface area contributed by atoms with Gasteiger partial charge in [-0.05, 0) is 12.9 Å². The molecule has 0 aliphatic rings. The summed E-state index contributed by atoms with van der Waals surface area (Å²) >= 11 is 5.45. The van der Waals surface area contributed by atoms with Gasteiger partial charge < -0.3 is 0 Å². The third-order valence-electron chi connectivity index (χ3n) is 0.634. The number of nitrogens with zero attached hydrogens (tertiary/aromatic N) is 2. The van der Waals surface area contributed by atoms with E-state index in [1.165, 1.54) is 6.07 Å². The van der Waals surface area contributed by atoms with Crippen LogP contribution in [0.2, 0.25) is 5.15 Å². The van der Waals surface area contributed by atoms with Crippen molar-refractivity contribution in [1.82, 2.24) is 9.97 Å². The Balaban J connectivity index is 3.06. The van der Waals surface area contributed by atoms with Crippen molar-refractivity contribution >= 4 is 11.6 Å². The van der Waals surface area contributed by atoms with Crippen molar-refractivity contribution in [1.29, 1.82) is 0 Å². The Labute approximate surface area is 56.8 Å². The second kappa shape index (κ2) is 2.09. The molecule has 0 saturated carbocycles. The maximum absolute atomic E-state index is 6.95. The molecule has 3 heteroatoms. The van der Waals surface area contributed by atoms with Crippen LogP contribution in [0, 0.1) is 6.85 Å². The van der Waals surface area contributed by atoms with Crippen LogP contribution in [0.1, 0.15) is 9.81 Å². The number of hydrogen-bond acceptors (Lipinski definition) is 2. The summed E-state index contributed by atoms with van der Waals surface area (Å²) in [6.07, 6.45) is 1.13. The summed E-state index contributed by atoms with van der Waals surface area (Å²) in [5.41, 5.74) is -0.0301. The first-order valence-corrected chi connectivity index (χ1v) is 2.36. The molecule has 1 rings (SSSR count). The number of halogens is 1. The van der Waals surface area contributed by atoms with Crippen LogP contribution in [-0.4, -0.2) is 9.97 Å². The van der Waals surface area contributed by atoms with E-state index >= 15 is 0 Å². The van der Waals surface area contributed by atoms with Gasteiger partial charge in [0.1, 0.15) is 11.5 Å². The summed E-state index contributed by atoms with van der Waals surface area (Å²) in [6, 6.07) is 1.23. The molecule has 2 nitrogen and oxygen atoms in total. The molecule has 0 N–H and O–H groups in total. The highest BCUT2D eigenvalue weighted by Gasteiger charge is 1.85. The summed E-state index contributed by atoms with van der Waals surface area (Å²) in [4.78, 5) is 7.11. The molecule has 0 radical (unpaired) electrons. The SMILES string of the molecule is [2H][13C]([2H])([2H])c1cc(Cl)ncn1. The van der Waals surface area contributed by atoms with Crippen molar-refractivity contribution in [2.45, 2.75) is 6.85 Å². The first kappa shape index (κ1) is 2.78. The number of rotatable bonds is 0. The second-order valence-corrected chi connectivity index (χ2v) is 1.61. The normalized spacial score (nSPS) is 16.4. The van der Waals surface area contributed by atoms with E-state index in [1.54, 1.807) is 0 Å². The lowest BCUT2D eigenvalue weighted by Crippen LogP contribution is -1.80. The van der Waals surface area contributed by atoms with Gasteiger partial charge in [-0.25, -0.2) is 9.97 Å². The molecule has 0 bridgehead atoms. The van der Waals surface area contributed by atoms with Gasteiger partial charge >= 0.3 is 0 Å². The maximum Gasteiger partial charge on any atom is 0.132 e. The van der Waals surface area contributed by atoms with E-state index in [9.17, 15) is 0 Å². The Morgan fingerprint density at radius 2 is 2.62 bits per heavy atom. The smallest absolute Gasteiger partial charge is 0.132 e. The first-order valence-electron chi connectivity index (χ1n) is 3.48. The highest BCUT2D eigenvalue weighted by Crippen LogP contribution is 2.01. The van der Waals surface area contributed by atoms with Crippen LogP contribution < -0.4 is 0 Å². The molecular weight excluding hydrogens is 125 g/mol. The minimum atomic E-state index is -2.20. The summed E-state index contributed by atoms with van der Waals surface area (Å²) in [5.74, 6) is 0. The molecule has 0 amide bonds. The summed E-state index contributed by atoms with van der Waals surface area (Å²) in [6.45, 7) is -2.20. The largest absolute Gasteiger partial charge is 0.242 e. The summed E-state index contributed by atoms with van der Waals surface area (Å²) in [5, 5.41) is 0.145. The molecule has 0 saturated heterocycles. The lowest BCUT2D eigenvalue weighted by Gasteiger charge is -1.87. The average molecular weight is 133 g/mol. The fraction of sp³-hybridized carbons (Fsp3) is 0.200. The van der Waals surface area contributed by atoms with Crippen LogP contribution in [0.3, 0.4) is 0 Å². The third kappa shape index (κ3) is 1.17. The topological polar surface area (TPSA) is 25.8 Å². The fourth-order valence-electron chi connectivity index (χ4n) is 0.334. The van der Waals surface area contributed by atoms with Crippen molar-refractivity contribution in [3.05, 3.63) is 23.2 Å². The average Bonchev–Trinajstić information content (AvgIpc) is 1.86. The monoisotopic (exact) mass is 132 g/mol. The molecule has 0 aliphatic heterocycles. The van der Waals surface area contributed by atoms with Gasteiger partial charge in [0.05, 0.1) is 0 Å². The zero-order valence-electron chi connectivity index (χ0n) is 6.93. The van der Waals surface area contributed by atoms with Crippen molar-refractivity contribution in [3.8, 4) is 0 Å². The lowest BCUT2D eigenvalue weighted by atomic mass is 10.6. The zero-order valence-corrected chi connectivity index (χ0v) is 4.68. The molecular formula is C5H5ClN2. The molecule has 0 fully saturated rings. The van der Waals surface area contributed by atoms with Gasteiger partial charge in [0.2, 0.25) is 0 Å². The van der Waals surface area contributed by atoms with E-state index in [0.29, 0.717) is 0 Å². The molecule has 8 heavy (non-hydrogen) atoms. The molecule has 0 unspecified atom stereocenters. The highest BCUT2D eigenvalue weighted by atomic mass is 35.5. The van der Waals surface area contributed by atoms with Crippen molar-refractivity contribution in [2.75, 3.05) is 0 Å². The molecule has 1 heterocycles. The van der Waals surface area contributed by atoms with Crippen molar-refractivity contribution < 1.29 is 4.11 Å². The number of aromatic nitrogens is 2. The predicted octanol–water partition coefficient (Wildman–Crippen LogP) is 1.44. The van der Waals surface area contributed by atoms with E-state index in [1.807, 2.05) is 0 Å². The van der Waals surface area contributed by atoms with Gasteiger partial charge in [0.15, 0.2) is 0 Å². The maximum atomic E-state index is 6.95. The van der Waals surface area contributed by atoms with Crippen LogP contribution in [0.25, 0.3) is 0 Å². The molecule has 1 aromatic heterocycles. The highest BCUT2D eigenvalue weighted by molar-refractivity contribution is 6.29.